The molecule has 21 heavy (non-hydrogen) atoms. The zero-order valence-corrected chi connectivity index (χ0v) is 14.6. The third-order valence-electron chi connectivity index (χ3n) is 6.60. The highest BCUT2D eigenvalue weighted by atomic mass is 16.5. The van der Waals surface area contributed by atoms with Gasteiger partial charge in [-0.05, 0) is 49.4 Å². The Morgan fingerprint density at radius 2 is 1.38 bits per heavy atom. The van der Waals surface area contributed by atoms with Crippen molar-refractivity contribution in [1.29, 1.82) is 0 Å². The molecule has 2 aliphatic rings. The third-order valence-corrected chi connectivity index (χ3v) is 6.60. The molecule has 122 valence electrons. The minimum atomic E-state index is 0.0204. The van der Waals surface area contributed by atoms with Crippen molar-refractivity contribution in [1.82, 2.24) is 5.32 Å². The highest BCUT2D eigenvalue weighted by Crippen LogP contribution is 2.43. The standard InChI is InChI=1S/C18H33NO2/c1-10-7-8-16(9-19-10)18(20)21-17-14(5)12(3)11(2)13(4)15(17)6/h10-17,19H,7-9H2,1-6H3. The molecule has 0 aromatic heterocycles. The minimum Gasteiger partial charge on any atom is -0.462 e. The highest BCUT2D eigenvalue weighted by Gasteiger charge is 2.43. The van der Waals surface area contributed by atoms with Crippen LogP contribution in [0.1, 0.15) is 54.4 Å². The number of carbonyl (C=O) groups is 1. The van der Waals surface area contributed by atoms with Crippen molar-refractivity contribution in [2.75, 3.05) is 6.54 Å². The SMILES string of the molecule is CC1CCC(C(=O)OC2C(C)C(C)C(C)C(C)C2C)CN1. The van der Waals surface area contributed by atoms with Crippen LogP contribution >= 0.6 is 0 Å². The van der Waals surface area contributed by atoms with Crippen molar-refractivity contribution in [3.05, 3.63) is 0 Å². The molecule has 0 radical (unpaired) electrons. The van der Waals surface area contributed by atoms with Crippen LogP contribution < -0.4 is 5.32 Å². The fourth-order valence-corrected chi connectivity index (χ4v) is 4.16. The van der Waals surface area contributed by atoms with Crippen LogP contribution in [0.4, 0.5) is 0 Å². The normalized spacial score (nSPS) is 47.9. The van der Waals surface area contributed by atoms with E-state index in [4.69, 9.17) is 4.74 Å². The summed E-state index contributed by atoms with van der Waals surface area (Å²) in [6, 6.07) is 0.530. The average molecular weight is 295 g/mol. The van der Waals surface area contributed by atoms with E-state index in [1.165, 1.54) is 0 Å². The Bertz CT molecular complexity index is 346. The van der Waals surface area contributed by atoms with Gasteiger partial charge in [0.25, 0.3) is 0 Å². The van der Waals surface area contributed by atoms with E-state index in [9.17, 15) is 4.79 Å². The second-order valence-electron chi connectivity index (χ2n) is 7.78. The summed E-state index contributed by atoms with van der Waals surface area (Å²) >= 11 is 0. The molecule has 2 fully saturated rings. The molecule has 0 bridgehead atoms. The number of hydrogen-bond donors (Lipinski definition) is 1. The monoisotopic (exact) mass is 295 g/mol. The van der Waals surface area contributed by atoms with Gasteiger partial charge >= 0.3 is 5.97 Å². The number of hydrogen-bond acceptors (Lipinski definition) is 3. The molecule has 3 nitrogen and oxygen atoms in total. The molecule has 0 amide bonds. The van der Waals surface area contributed by atoms with E-state index >= 15 is 0 Å². The van der Waals surface area contributed by atoms with Crippen LogP contribution in [0, 0.1) is 35.5 Å². The Labute approximate surface area is 130 Å². The molecule has 0 spiro atoms. The van der Waals surface area contributed by atoms with Gasteiger partial charge < -0.3 is 10.1 Å². The fraction of sp³-hybridized carbons (Fsp3) is 0.944. The summed E-state index contributed by atoms with van der Waals surface area (Å²) < 4.78 is 6.00. The smallest absolute Gasteiger partial charge is 0.310 e. The topological polar surface area (TPSA) is 38.3 Å². The maximum absolute atomic E-state index is 12.5. The molecule has 1 aliphatic heterocycles. The lowest BCUT2D eigenvalue weighted by molar-refractivity contribution is -0.169. The average Bonchev–Trinajstić information content (AvgIpc) is 2.48. The van der Waals surface area contributed by atoms with Gasteiger partial charge in [-0.15, -0.1) is 0 Å². The number of esters is 1. The van der Waals surface area contributed by atoms with E-state index in [-0.39, 0.29) is 18.0 Å². The summed E-state index contributed by atoms with van der Waals surface area (Å²) in [6.07, 6.45) is 2.11. The maximum Gasteiger partial charge on any atom is 0.310 e. The van der Waals surface area contributed by atoms with Crippen LogP contribution in [-0.4, -0.2) is 24.7 Å². The van der Waals surface area contributed by atoms with Crippen LogP contribution in [0.25, 0.3) is 0 Å². The number of rotatable bonds is 2. The van der Waals surface area contributed by atoms with E-state index in [1.54, 1.807) is 0 Å². The fourth-order valence-electron chi connectivity index (χ4n) is 4.16. The van der Waals surface area contributed by atoms with Crippen LogP contribution in [0.3, 0.4) is 0 Å². The van der Waals surface area contributed by atoms with Crippen molar-refractivity contribution in [2.24, 2.45) is 35.5 Å². The molecular formula is C18H33NO2. The van der Waals surface area contributed by atoms with Gasteiger partial charge in [-0.25, -0.2) is 0 Å². The van der Waals surface area contributed by atoms with E-state index < -0.39 is 0 Å². The molecule has 1 N–H and O–H groups in total. The van der Waals surface area contributed by atoms with Crippen LogP contribution in [0.5, 0.6) is 0 Å². The maximum atomic E-state index is 12.5. The molecule has 1 aliphatic carbocycles. The minimum absolute atomic E-state index is 0.0204. The first kappa shape index (κ1) is 16.8. The van der Waals surface area contributed by atoms with Gasteiger partial charge in [0.2, 0.25) is 0 Å². The molecule has 0 aromatic rings. The summed E-state index contributed by atoms with van der Waals surface area (Å²) in [6.45, 7) is 14.4. The Morgan fingerprint density at radius 1 is 0.857 bits per heavy atom. The first-order valence-electron chi connectivity index (χ1n) is 8.76. The third kappa shape index (κ3) is 3.44. The number of carbonyl (C=O) groups excluding carboxylic acids is 1. The van der Waals surface area contributed by atoms with Crippen molar-refractivity contribution in [3.63, 3.8) is 0 Å². The molecule has 1 saturated carbocycles. The Balaban J connectivity index is 1.98. The number of piperidine rings is 1. The Morgan fingerprint density at radius 3 is 1.86 bits per heavy atom. The lowest BCUT2D eigenvalue weighted by atomic mass is 9.63. The Kier molecular flexibility index (Phi) is 5.34. The molecule has 1 heterocycles. The number of ether oxygens (including phenoxy) is 1. The highest BCUT2D eigenvalue weighted by molar-refractivity contribution is 5.73. The summed E-state index contributed by atoms with van der Waals surface area (Å²) in [5.41, 5.74) is 0. The van der Waals surface area contributed by atoms with Gasteiger partial charge in [0.15, 0.2) is 0 Å². The summed E-state index contributed by atoms with van der Waals surface area (Å²) in [5, 5.41) is 3.40. The molecule has 0 aromatic carbocycles. The van der Waals surface area contributed by atoms with Gasteiger partial charge in [-0.1, -0.05) is 34.6 Å². The zero-order valence-electron chi connectivity index (χ0n) is 14.6. The van der Waals surface area contributed by atoms with Gasteiger partial charge in [0, 0.05) is 12.6 Å². The lowest BCUT2D eigenvalue weighted by Crippen LogP contribution is -2.48. The van der Waals surface area contributed by atoms with E-state index in [2.05, 4.69) is 46.9 Å². The zero-order chi connectivity index (χ0) is 15.7. The lowest BCUT2D eigenvalue weighted by Gasteiger charge is -2.46. The van der Waals surface area contributed by atoms with E-state index in [0.717, 1.165) is 19.4 Å². The van der Waals surface area contributed by atoms with Crippen molar-refractivity contribution in [2.45, 2.75) is 66.5 Å². The van der Waals surface area contributed by atoms with E-state index in [0.29, 0.717) is 35.6 Å². The second-order valence-corrected chi connectivity index (χ2v) is 7.78. The predicted octanol–water partition coefficient (Wildman–Crippen LogP) is 3.48. The first-order chi connectivity index (χ1) is 9.82. The summed E-state index contributed by atoms with van der Waals surface area (Å²) in [7, 11) is 0. The van der Waals surface area contributed by atoms with Gasteiger partial charge in [-0.3, -0.25) is 4.79 Å². The van der Waals surface area contributed by atoms with E-state index in [1.807, 2.05) is 0 Å². The van der Waals surface area contributed by atoms with Gasteiger partial charge in [0.05, 0.1) is 5.92 Å². The predicted molar refractivity (Wildman–Crippen MR) is 85.9 cm³/mol. The largest absolute Gasteiger partial charge is 0.462 e. The van der Waals surface area contributed by atoms with Gasteiger partial charge in [0.1, 0.15) is 6.10 Å². The molecule has 6 atom stereocenters. The first-order valence-corrected chi connectivity index (χ1v) is 8.76. The van der Waals surface area contributed by atoms with Crippen molar-refractivity contribution < 1.29 is 9.53 Å². The molecule has 2 rings (SSSR count). The van der Waals surface area contributed by atoms with Crippen LogP contribution in [0.2, 0.25) is 0 Å². The molecule has 6 unspecified atom stereocenters. The Hall–Kier alpha value is -0.570. The van der Waals surface area contributed by atoms with Crippen LogP contribution in [-0.2, 0) is 9.53 Å². The molecule has 3 heteroatoms. The van der Waals surface area contributed by atoms with Crippen molar-refractivity contribution >= 4 is 5.97 Å². The second kappa shape index (κ2) is 6.68. The van der Waals surface area contributed by atoms with Crippen molar-refractivity contribution in [3.8, 4) is 0 Å². The van der Waals surface area contributed by atoms with Gasteiger partial charge in [-0.2, -0.15) is 0 Å². The van der Waals surface area contributed by atoms with Crippen LogP contribution in [0.15, 0.2) is 0 Å². The number of nitrogens with one attached hydrogen (secondary N) is 1. The quantitative estimate of drug-likeness (QED) is 0.793. The molecule has 1 saturated heterocycles. The summed E-state index contributed by atoms with van der Waals surface area (Å²) in [4.78, 5) is 12.5. The molecular weight excluding hydrogens is 262 g/mol. The summed E-state index contributed by atoms with van der Waals surface area (Å²) in [5.74, 6) is 2.88.